The average molecular weight is 1030 g/mol. The molecule has 0 saturated carbocycles. The summed E-state index contributed by atoms with van der Waals surface area (Å²) in [5, 5.41) is 0. The standard InChI is InChI=1S/C25H38O.C24H38O.C12H22O.C10H18O/c1-5-6-7-8-9-10-11-12-13-14-15-16-17-18-19-20-21-22-23-24(26)25(2,3)4;1-5-6-7-8-9-10-11-12-13-14-15-16-17-18-19-20-21-22-23(25)24(2,3)4;1-6-7-8-9-12(4,5)11(13)10(2)3;1-5-6-7-8-9(11)10(2,3)4/h6-7,9-10,12-13,15-16,18-19,21-22H,5,8,11,14,17,20,23H2,1-4H3;6-7,9-10,12-13,15-16,18-19H,5,8,11,14,17,20-22H2,1-4H3;7-8,10H,6,9H2,1-5H3;6-7H,5,8H2,1-4H3/b7-6-,10-9-,13-12-,16-15-,19-18-,22-21-;7-6-,10-9-,13-12-,16-15-,19-18-;8-7-;7-6-. The predicted octanol–water partition coefficient (Wildman–Crippen LogP) is 21.8. The molecule has 0 unspecified atom stereocenters. The highest BCUT2D eigenvalue weighted by Crippen LogP contribution is 2.26. The molecule has 75 heavy (non-hydrogen) atoms. The highest BCUT2D eigenvalue weighted by Gasteiger charge is 2.28. The van der Waals surface area contributed by atoms with E-state index in [2.05, 4.69) is 167 Å². The Bertz CT molecular complexity index is 1830. The van der Waals surface area contributed by atoms with Gasteiger partial charge in [-0.25, -0.2) is 0 Å². The second kappa shape index (κ2) is 51.4. The molecule has 0 radical (unpaired) electrons. The van der Waals surface area contributed by atoms with Gasteiger partial charge in [-0.2, -0.15) is 0 Å². The van der Waals surface area contributed by atoms with Crippen LogP contribution < -0.4 is 0 Å². The van der Waals surface area contributed by atoms with Gasteiger partial charge in [0.15, 0.2) is 0 Å². The van der Waals surface area contributed by atoms with Crippen molar-refractivity contribution in [3.8, 4) is 0 Å². The summed E-state index contributed by atoms with van der Waals surface area (Å²) < 4.78 is 0. The van der Waals surface area contributed by atoms with E-state index in [1.807, 2.05) is 108 Å². The average Bonchev–Trinajstić information content (AvgIpc) is 3.34. The zero-order chi connectivity index (χ0) is 57.7. The molecule has 0 aromatic carbocycles. The third-order valence-electron chi connectivity index (χ3n) is 11.3. The van der Waals surface area contributed by atoms with Crippen LogP contribution in [0.3, 0.4) is 0 Å². The molecule has 0 heterocycles. The number of hydrogen-bond acceptors (Lipinski definition) is 4. The van der Waals surface area contributed by atoms with Crippen molar-refractivity contribution in [2.45, 2.75) is 240 Å². The van der Waals surface area contributed by atoms with Crippen molar-refractivity contribution >= 4 is 23.1 Å². The second-order valence-corrected chi connectivity index (χ2v) is 22.8. The van der Waals surface area contributed by atoms with E-state index in [1.165, 1.54) is 0 Å². The summed E-state index contributed by atoms with van der Waals surface area (Å²) >= 11 is 0. The molecule has 0 bridgehead atoms. The zero-order valence-electron chi connectivity index (χ0n) is 51.7. The molecular weight excluding hydrogens is 917 g/mol. The molecule has 0 N–H and O–H groups in total. The normalized spacial score (nSPS) is 13.3. The topological polar surface area (TPSA) is 68.3 Å². The van der Waals surface area contributed by atoms with Crippen LogP contribution in [0.1, 0.15) is 240 Å². The first-order valence-corrected chi connectivity index (χ1v) is 29.0. The van der Waals surface area contributed by atoms with Gasteiger partial charge in [-0.15, -0.1) is 0 Å². The molecule has 424 valence electrons. The van der Waals surface area contributed by atoms with Crippen LogP contribution in [-0.2, 0) is 19.2 Å². The van der Waals surface area contributed by atoms with Crippen LogP contribution >= 0.6 is 0 Å². The molecule has 0 fully saturated rings. The summed E-state index contributed by atoms with van der Waals surface area (Å²) in [5.41, 5.74) is -0.804. The fourth-order valence-electron chi connectivity index (χ4n) is 6.23. The van der Waals surface area contributed by atoms with E-state index in [0.29, 0.717) is 36.6 Å². The van der Waals surface area contributed by atoms with Crippen molar-refractivity contribution in [1.82, 2.24) is 0 Å². The Morgan fingerprint density at radius 3 is 0.840 bits per heavy atom. The Kier molecular flexibility index (Phi) is 52.6. The lowest BCUT2D eigenvalue weighted by molar-refractivity contribution is -0.130. The Hall–Kier alpha value is -4.70. The third kappa shape index (κ3) is 58.4. The molecule has 0 aromatic rings. The summed E-state index contributed by atoms with van der Waals surface area (Å²) in [5.74, 6) is 1.46. The Morgan fingerprint density at radius 2 is 0.560 bits per heavy atom. The molecule has 0 aliphatic carbocycles. The number of rotatable bonds is 34. The van der Waals surface area contributed by atoms with E-state index in [-0.39, 0.29) is 33.4 Å². The molecule has 0 aliphatic rings. The van der Waals surface area contributed by atoms with Gasteiger partial charge in [-0.3, -0.25) is 19.2 Å². The summed E-state index contributed by atoms with van der Waals surface area (Å²) in [4.78, 5) is 46.5. The molecule has 0 saturated heterocycles. The molecule has 4 heteroatoms. The van der Waals surface area contributed by atoms with Crippen molar-refractivity contribution in [3.63, 3.8) is 0 Å². The minimum atomic E-state index is -0.234. The van der Waals surface area contributed by atoms with E-state index < -0.39 is 0 Å². The van der Waals surface area contributed by atoms with Crippen LogP contribution in [0.15, 0.2) is 158 Å². The quantitative estimate of drug-likeness (QED) is 0.0476. The third-order valence-corrected chi connectivity index (χ3v) is 11.3. The summed E-state index contributed by atoms with van der Waals surface area (Å²) in [6, 6.07) is 0. The van der Waals surface area contributed by atoms with Crippen LogP contribution in [0.4, 0.5) is 0 Å². The van der Waals surface area contributed by atoms with Gasteiger partial charge in [-0.05, 0) is 103 Å². The van der Waals surface area contributed by atoms with Gasteiger partial charge in [-0.1, -0.05) is 276 Å². The van der Waals surface area contributed by atoms with E-state index in [0.717, 1.165) is 103 Å². The monoisotopic (exact) mass is 1030 g/mol. The zero-order valence-corrected chi connectivity index (χ0v) is 51.7. The summed E-state index contributed by atoms with van der Waals surface area (Å²) in [7, 11) is 0. The van der Waals surface area contributed by atoms with E-state index >= 15 is 0 Å². The smallest absolute Gasteiger partial charge is 0.141 e. The second-order valence-electron chi connectivity index (χ2n) is 22.8. The van der Waals surface area contributed by atoms with Gasteiger partial charge in [0.05, 0.1) is 0 Å². The first-order valence-electron chi connectivity index (χ1n) is 29.0. The van der Waals surface area contributed by atoms with Gasteiger partial charge < -0.3 is 0 Å². The van der Waals surface area contributed by atoms with Gasteiger partial charge in [0.25, 0.3) is 0 Å². The molecular formula is C71H116O4. The first-order chi connectivity index (χ1) is 35.4. The van der Waals surface area contributed by atoms with E-state index in [9.17, 15) is 19.2 Å². The fourth-order valence-corrected chi connectivity index (χ4v) is 6.23. The maximum Gasteiger partial charge on any atom is 0.141 e. The highest BCUT2D eigenvalue weighted by atomic mass is 16.1. The van der Waals surface area contributed by atoms with Crippen LogP contribution in [0.25, 0.3) is 0 Å². The first kappa shape index (κ1) is 76.8. The van der Waals surface area contributed by atoms with Crippen LogP contribution in [0.2, 0.25) is 0 Å². The lowest BCUT2D eigenvalue weighted by atomic mass is 9.79. The van der Waals surface area contributed by atoms with Crippen molar-refractivity contribution < 1.29 is 19.2 Å². The maximum atomic E-state index is 11.8. The van der Waals surface area contributed by atoms with Crippen molar-refractivity contribution in [2.75, 3.05) is 0 Å². The minimum Gasteiger partial charge on any atom is -0.299 e. The lowest BCUT2D eigenvalue weighted by Crippen LogP contribution is -2.27. The number of carbonyl (C=O) groups excluding carboxylic acids is 4. The SMILES string of the molecule is CC/C=C\C/C=C\C/C=C\C/C=C\C/C=C\C/C=C\CC(=O)C(C)(C)C.CC/C=C\C/C=C\C/C=C\C/C=C\C/C=C\CCCC(=O)C(C)(C)C.CC/C=C\CC(=O)C(C)(C)C.CC/C=C\CC(C)(C)C(=O)C(C)C. The van der Waals surface area contributed by atoms with Gasteiger partial charge in [0.2, 0.25) is 0 Å². The number of Topliss-reactive ketones (excluding diaryl/α,β-unsaturated/α-hetero) is 4. The molecule has 0 amide bonds. The maximum absolute atomic E-state index is 11.8. The number of carbonyl (C=O) groups is 4. The number of allylic oxidation sites excluding steroid dienone is 26. The predicted molar refractivity (Wildman–Crippen MR) is 336 cm³/mol. The Morgan fingerprint density at radius 1 is 0.320 bits per heavy atom. The summed E-state index contributed by atoms with van der Waals surface area (Å²) in [6.07, 6.45) is 74.1. The van der Waals surface area contributed by atoms with Crippen LogP contribution in [0, 0.1) is 27.6 Å². The van der Waals surface area contributed by atoms with Crippen molar-refractivity contribution in [3.05, 3.63) is 158 Å². The Balaban J connectivity index is -0.000000476. The molecule has 0 aliphatic heterocycles. The molecule has 0 spiro atoms. The van der Waals surface area contributed by atoms with Gasteiger partial charge in [0, 0.05) is 46.8 Å². The molecule has 0 aromatic heterocycles. The minimum absolute atomic E-state index is 0.144. The van der Waals surface area contributed by atoms with Crippen molar-refractivity contribution in [2.24, 2.45) is 27.6 Å². The van der Waals surface area contributed by atoms with Crippen LogP contribution in [0.5, 0.6) is 0 Å². The van der Waals surface area contributed by atoms with Gasteiger partial charge in [0.1, 0.15) is 23.1 Å². The Labute approximate surface area is 465 Å². The highest BCUT2D eigenvalue weighted by molar-refractivity contribution is 5.86. The molecule has 0 rings (SSSR count). The van der Waals surface area contributed by atoms with Gasteiger partial charge >= 0.3 is 0 Å². The lowest BCUT2D eigenvalue weighted by Gasteiger charge is -2.23. The fraction of sp³-hybridized carbons (Fsp3) is 0.577. The molecule has 0 atom stereocenters. The van der Waals surface area contributed by atoms with E-state index in [4.69, 9.17) is 0 Å². The summed E-state index contributed by atoms with van der Waals surface area (Å²) in [6.45, 7) is 34.2. The number of ketones is 4. The largest absolute Gasteiger partial charge is 0.299 e. The van der Waals surface area contributed by atoms with Crippen molar-refractivity contribution in [1.29, 1.82) is 0 Å². The number of hydrogen-bond donors (Lipinski definition) is 0. The van der Waals surface area contributed by atoms with Crippen LogP contribution in [-0.4, -0.2) is 23.1 Å². The van der Waals surface area contributed by atoms with E-state index in [1.54, 1.807) is 0 Å². The molecule has 4 nitrogen and oxygen atoms in total. The number of unbranched alkanes of at least 4 members (excludes halogenated alkanes) is 1.